The van der Waals surface area contributed by atoms with Gasteiger partial charge in [-0.25, -0.2) is 4.98 Å². The van der Waals surface area contributed by atoms with Gasteiger partial charge in [-0.15, -0.1) is 0 Å². The SMILES string of the molecule is Cc1ccc(-c2ccc3cc4c(cc3n2)OCO4)cc1. The molecule has 1 aliphatic rings. The van der Waals surface area contributed by atoms with Gasteiger partial charge in [0.2, 0.25) is 6.79 Å². The minimum absolute atomic E-state index is 0.288. The Morgan fingerprint density at radius 2 is 1.65 bits per heavy atom. The van der Waals surface area contributed by atoms with Crippen molar-refractivity contribution >= 4 is 10.9 Å². The van der Waals surface area contributed by atoms with E-state index in [1.807, 2.05) is 18.2 Å². The smallest absolute Gasteiger partial charge is 0.231 e. The molecule has 3 heteroatoms. The van der Waals surface area contributed by atoms with Crippen molar-refractivity contribution in [1.82, 2.24) is 4.98 Å². The van der Waals surface area contributed by atoms with E-state index in [4.69, 9.17) is 14.5 Å². The standard InChI is InChI=1S/C17H13NO2/c1-11-2-4-12(5-3-11)14-7-6-13-8-16-17(20-10-19-16)9-15(13)18-14/h2-9H,10H2,1H3. The van der Waals surface area contributed by atoms with E-state index < -0.39 is 0 Å². The number of ether oxygens (including phenoxy) is 2. The van der Waals surface area contributed by atoms with E-state index in [0.29, 0.717) is 0 Å². The number of nitrogens with zero attached hydrogens (tertiary/aromatic N) is 1. The third-order valence-electron chi connectivity index (χ3n) is 3.53. The van der Waals surface area contributed by atoms with E-state index in [9.17, 15) is 0 Å². The van der Waals surface area contributed by atoms with E-state index in [0.717, 1.165) is 33.7 Å². The van der Waals surface area contributed by atoms with Crippen LogP contribution in [0.1, 0.15) is 5.56 Å². The van der Waals surface area contributed by atoms with Gasteiger partial charge in [0, 0.05) is 17.0 Å². The largest absolute Gasteiger partial charge is 0.454 e. The first-order valence-corrected chi connectivity index (χ1v) is 6.57. The van der Waals surface area contributed by atoms with Crippen LogP contribution in [0.5, 0.6) is 11.5 Å². The molecule has 3 aromatic rings. The van der Waals surface area contributed by atoms with Crippen LogP contribution < -0.4 is 9.47 Å². The van der Waals surface area contributed by atoms with Crippen LogP contribution in [0.3, 0.4) is 0 Å². The highest BCUT2D eigenvalue weighted by Gasteiger charge is 2.14. The molecule has 0 amide bonds. The summed E-state index contributed by atoms with van der Waals surface area (Å²) in [6, 6.07) is 16.4. The van der Waals surface area contributed by atoms with Crippen LogP contribution in [-0.4, -0.2) is 11.8 Å². The van der Waals surface area contributed by atoms with Crippen molar-refractivity contribution in [2.45, 2.75) is 6.92 Å². The first-order chi connectivity index (χ1) is 9.79. The van der Waals surface area contributed by atoms with E-state index >= 15 is 0 Å². The number of benzene rings is 2. The van der Waals surface area contributed by atoms with Crippen LogP contribution >= 0.6 is 0 Å². The fourth-order valence-corrected chi connectivity index (χ4v) is 2.40. The van der Waals surface area contributed by atoms with Gasteiger partial charge in [-0.2, -0.15) is 0 Å². The molecule has 2 heterocycles. The Morgan fingerprint density at radius 3 is 2.45 bits per heavy atom. The Bertz CT molecular complexity index is 794. The molecule has 1 aliphatic heterocycles. The second-order valence-corrected chi connectivity index (χ2v) is 4.96. The highest BCUT2D eigenvalue weighted by molar-refractivity contribution is 5.85. The number of fused-ring (bicyclic) bond motifs is 2. The first-order valence-electron chi connectivity index (χ1n) is 6.57. The summed E-state index contributed by atoms with van der Waals surface area (Å²) in [6.07, 6.45) is 0. The maximum absolute atomic E-state index is 5.41. The lowest BCUT2D eigenvalue weighted by atomic mass is 10.1. The molecule has 0 N–H and O–H groups in total. The highest BCUT2D eigenvalue weighted by Crippen LogP contribution is 2.36. The van der Waals surface area contributed by atoms with Gasteiger partial charge in [-0.3, -0.25) is 0 Å². The van der Waals surface area contributed by atoms with Crippen molar-refractivity contribution < 1.29 is 9.47 Å². The predicted octanol–water partition coefficient (Wildman–Crippen LogP) is 3.94. The van der Waals surface area contributed by atoms with E-state index in [1.54, 1.807) is 0 Å². The van der Waals surface area contributed by atoms with Crippen LogP contribution in [0.4, 0.5) is 0 Å². The zero-order valence-corrected chi connectivity index (χ0v) is 11.1. The maximum atomic E-state index is 5.41. The molecule has 4 rings (SSSR count). The van der Waals surface area contributed by atoms with Crippen LogP contribution in [0.15, 0.2) is 48.5 Å². The number of aryl methyl sites for hydroxylation is 1. The van der Waals surface area contributed by atoms with Crippen LogP contribution in [0, 0.1) is 6.92 Å². The summed E-state index contributed by atoms with van der Waals surface area (Å²) in [5.74, 6) is 1.56. The van der Waals surface area contributed by atoms with E-state index in [1.165, 1.54) is 5.56 Å². The molecular weight excluding hydrogens is 250 g/mol. The average molecular weight is 263 g/mol. The van der Waals surface area contributed by atoms with Crippen LogP contribution in [0.25, 0.3) is 22.2 Å². The summed E-state index contributed by atoms with van der Waals surface area (Å²) in [5.41, 5.74) is 4.26. The van der Waals surface area contributed by atoms with Gasteiger partial charge < -0.3 is 9.47 Å². The van der Waals surface area contributed by atoms with Gasteiger partial charge in [0.25, 0.3) is 0 Å². The third-order valence-corrected chi connectivity index (χ3v) is 3.53. The first kappa shape index (κ1) is 11.3. The second-order valence-electron chi connectivity index (χ2n) is 4.96. The van der Waals surface area contributed by atoms with Crippen molar-refractivity contribution in [1.29, 1.82) is 0 Å². The lowest BCUT2D eigenvalue weighted by molar-refractivity contribution is 0.174. The Hall–Kier alpha value is -2.55. The molecule has 0 spiro atoms. The van der Waals surface area contributed by atoms with E-state index in [2.05, 4.69) is 37.3 Å². The van der Waals surface area contributed by atoms with Crippen molar-refractivity contribution in [2.75, 3.05) is 6.79 Å². The molecule has 0 fully saturated rings. The molecular formula is C17H13NO2. The van der Waals surface area contributed by atoms with Gasteiger partial charge in [-0.05, 0) is 19.1 Å². The zero-order valence-electron chi connectivity index (χ0n) is 11.1. The normalized spacial score (nSPS) is 12.8. The third kappa shape index (κ3) is 1.79. The summed E-state index contributed by atoms with van der Waals surface area (Å²) in [6.45, 7) is 2.37. The molecule has 0 saturated heterocycles. The zero-order chi connectivity index (χ0) is 13.5. The molecule has 0 unspecified atom stereocenters. The summed E-state index contributed by atoms with van der Waals surface area (Å²) in [7, 11) is 0. The molecule has 0 bridgehead atoms. The molecule has 2 aromatic carbocycles. The number of aromatic nitrogens is 1. The van der Waals surface area contributed by atoms with E-state index in [-0.39, 0.29) is 6.79 Å². The van der Waals surface area contributed by atoms with Gasteiger partial charge in [-0.1, -0.05) is 35.9 Å². The lowest BCUT2D eigenvalue weighted by Gasteiger charge is -2.05. The average Bonchev–Trinajstić information content (AvgIpc) is 2.92. The molecule has 98 valence electrons. The summed E-state index contributed by atoms with van der Waals surface area (Å²) in [5, 5.41) is 1.06. The Morgan fingerprint density at radius 1 is 0.900 bits per heavy atom. The summed E-state index contributed by atoms with van der Waals surface area (Å²) < 4.78 is 10.8. The lowest BCUT2D eigenvalue weighted by Crippen LogP contribution is -1.92. The number of pyridine rings is 1. The molecule has 1 aromatic heterocycles. The van der Waals surface area contributed by atoms with Crippen LogP contribution in [-0.2, 0) is 0 Å². The Balaban J connectivity index is 1.86. The quantitative estimate of drug-likeness (QED) is 0.666. The van der Waals surface area contributed by atoms with Gasteiger partial charge in [0.05, 0.1) is 11.2 Å². The Kier molecular flexibility index (Phi) is 2.39. The van der Waals surface area contributed by atoms with Gasteiger partial charge in [0.15, 0.2) is 11.5 Å². The fourth-order valence-electron chi connectivity index (χ4n) is 2.40. The number of hydrogen-bond acceptors (Lipinski definition) is 3. The highest BCUT2D eigenvalue weighted by atomic mass is 16.7. The minimum Gasteiger partial charge on any atom is -0.454 e. The Labute approximate surface area is 116 Å². The summed E-state index contributed by atoms with van der Waals surface area (Å²) >= 11 is 0. The van der Waals surface area contributed by atoms with Crippen LogP contribution in [0.2, 0.25) is 0 Å². The van der Waals surface area contributed by atoms with Crippen molar-refractivity contribution in [3.8, 4) is 22.8 Å². The van der Waals surface area contributed by atoms with Crippen molar-refractivity contribution in [2.24, 2.45) is 0 Å². The molecule has 3 nitrogen and oxygen atoms in total. The molecule has 0 saturated carbocycles. The molecule has 20 heavy (non-hydrogen) atoms. The second kappa shape index (κ2) is 4.23. The van der Waals surface area contributed by atoms with Crippen molar-refractivity contribution in [3.05, 3.63) is 54.1 Å². The maximum Gasteiger partial charge on any atom is 0.231 e. The molecule has 0 radical (unpaired) electrons. The minimum atomic E-state index is 0.288. The fraction of sp³-hybridized carbons (Fsp3) is 0.118. The summed E-state index contributed by atoms with van der Waals surface area (Å²) in [4.78, 5) is 4.72. The van der Waals surface area contributed by atoms with Gasteiger partial charge in [0.1, 0.15) is 0 Å². The van der Waals surface area contributed by atoms with Gasteiger partial charge >= 0.3 is 0 Å². The monoisotopic (exact) mass is 263 g/mol. The molecule has 0 aliphatic carbocycles. The number of hydrogen-bond donors (Lipinski definition) is 0. The topological polar surface area (TPSA) is 31.4 Å². The number of rotatable bonds is 1. The predicted molar refractivity (Wildman–Crippen MR) is 78.0 cm³/mol. The molecule has 0 atom stereocenters. The van der Waals surface area contributed by atoms with Crippen molar-refractivity contribution in [3.63, 3.8) is 0 Å².